The van der Waals surface area contributed by atoms with Crippen LogP contribution in [0.15, 0.2) is 0 Å². The standard InChI is InChI=1S/C13H24O3/c1-12(2,3)9(15)7-8(14)10-11(16-10)13(4,5)6/h8,10-11,14H,7H2,1-6H3/t8-,10-,11+/m1/s1. The van der Waals surface area contributed by atoms with Crippen molar-refractivity contribution in [3.63, 3.8) is 0 Å². The van der Waals surface area contributed by atoms with Crippen molar-refractivity contribution in [1.82, 2.24) is 0 Å². The zero-order valence-electron chi connectivity index (χ0n) is 11.2. The number of epoxide rings is 1. The van der Waals surface area contributed by atoms with Gasteiger partial charge < -0.3 is 9.84 Å². The zero-order valence-corrected chi connectivity index (χ0v) is 11.2. The average Bonchev–Trinajstić information content (AvgIpc) is 2.78. The fourth-order valence-corrected chi connectivity index (χ4v) is 1.73. The Hall–Kier alpha value is -0.410. The SMILES string of the molecule is CC(C)(C)C(=O)C[C@@H](O)[C@H]1O[C@@H]1C(C)(C)C. The van der Waals surface area contributed by atoms with Crippen molar-refractivity contribution >= 4 is 5.78 Å². The van der Waals surface area contributed by atoms with E-state index in [0.29, 0.717) is 0 Å². The van der Waals surface area contributed by atoms with E-state index in [1.165, 1.54) is 0 Å². The summed E-state index contributed by atoms with van der Waals surface area (Å²) < 4.78 is 5.45. The maximum absolute atomic E-state index is 11.7. The Bertz CT molecular complexity index is 270. The van der Waals surface area contributed by atoms with Crippen molar-refractivity contribution in [2.75, 3.05) is 0 Å². The molecule has 1 N–H and O–H groups in total. The van der Waals surface area contributed by atoms with Crippen molar-refractivity contribution in [3.05, 3.63) is 0 Å². The molecule has 0 aromatic rings. The fourth-order valence-electron chi connectivity index (χ4n) is 1.73. The van der Waals surface area contributed by atoms with E-state index < -0.39 is 6.10 Å². The third-order valence-electron chi connectivity index (χ3n) is 2.99. The zero-order chi connectivity index (χ0) is 12.7. The monoisotopic (exact) mass is 228 g/mol. The van der Waals surface area contributed by atoms with Crippen LogP contribution in [0, 0.1) is 10.8 Å². The minimum absolute atomic E-state index is 0.0381. The summed E-state index contributed by atoms with van der Waals surface area (Å²) in [6.07, 6.45) is -0.543. The summed E-state index contributed by atoms with van der Waals surface area (Å²) >= 11 is 0. The number of hydrogen-bond acceptors (Lipinski definition) is 3. The number of hydrogen-bond donors (Lipinski definition) is 1. The summed E-state index contributed by atoms with van der Waals surface area (Å²) in [6.45, 7) is 11.9. The molecule has 0 radical (unpaired) electrons. The molecule has 1 saturated heterocycles. The van der Waals surface area contributed by atoms with E-state index in [1.807, 2.05) is 20.8 Å². The number of aliphatic hydroxyl groups is 1. The van der Waals surface area contributed by atoms with E-state index in [9.17, 15) is 9.90 Å². The normalized spacial score (nSPS) is 27.7. The van der Waals surface area contributed by atoms with E-state index in [4.69, 9.17) is 4.74 Å². The van der Waals surface area contributed by atoms with Gasteiger partial charge in [0.05, 0.1) is 12.2 Å². The number of rotatable bonds is 3. The summed E-state index contributed by atoms with van der Waals surface area (Å²) in [5.74, 6) is 0.0863. The van der Waals surface area contributed by atoms with Crippen LogP contribution in [-0.2, 0) is 9.53 Å². The first-order chi connectivity index (χ1) is 7.03. The summed E-state index contributed by atoms with van der Waals surface area (Å²) in [5, 5.41) is 9.91. The van der Waals surface area contributed by atoms with Crippen molar-refractivity contribution in [1.29, 1.82) is 0 Å². The highest BCUT2D eigenvalue weighted by Crippen LogP contribution is 2.40. The predicted octanol–water partition coefficient (Wildman–Crippen LogP) is 2.17. The maximum atomic E-state index is 11.7. The quantitative estimate of drug-likeness (QED) is 0.753. The lowest BCUT2D eigenvalue weighted by Crippen LogP contribution is -2.30. The van der Waals surface area contributed by atoms with Gasteiger partial charge in [0, 0.05) is 11.8 Å². The molecule has 1 rings (SSSR count). The van der Waals surface area contributed by atoms with Crippen molar-refractivity contribution < 1.29 is 14.6 Å². The number of carbonyl (C=O) groups excluding carboxylic acids is 1. The summed E-state index contributed by atoms with van der Waals surface area (Å²) in [6, 6.07) is 0. The number of carbonyl (C=O) groups is 1. The molecule has 0 amide bonds. The summed E-state index contributed by atoms with van der Waals surface area (Å²) in [5.41, 5.74) is -0.344. The summed E-state index contributed by atoms with van der Waals surface area (Å²) in [7, 11) is 0. The Morgan fingerprint density at radius 1 is 1.25 bits per heavy atom. The summed E-state index contributed by atoms with van der Waals surface area (Å²) in [4.78, 5) is 11.7. The van der Waals surface area contributed by atoms with Crippen LogP contribution in [-0.4, -0.2) is 29.2 Å². The van der Waals surface area contributed by atoms with Gasteiger partial charge in [0.25, 0.3) is 0 Å². The van der Waals surface area contributed by atoms with Gasteiger partial charge >= 0.3 is 0 Å². The third kappa shape index (κ3) is 3.29. The van der Waals surface area contributed by atoms with Crippen LogP contribution >= 0.6 is 0 Å². The van der Waals surface area contributed by atoms with Crippen LogP contribution in [0.25, 0.3) is 0 Å². The van der Waals surface area contributed by atoms with Crippen LogP contribution in [0.3, 0.4) is 0 Å². The van der Waals surface area contributed by atoms with Gasteiger partial charge in [-0.05, 0) is 5.41 Å². The second-order valence-corrected chi connectivity index (χ2v) is 6.83. The molecule has 0 aromatic carbocycles. The van der Waals surface area contributed by atoms with E-state index in [1.54, 1.807) is 0 Å². The molecule has 1 aliphatic heterocycles. The second kappa shape index (κ2) is 4.11. The van der Waals surface area contributed by atoms with Gasteiger partial charge in [0.2, 0.25) is 0 Å². The Morgan fingerprint density at radius 2 is 1.75 bits per heavy atom. The lowest BCUT2D eigenvalue weighted by atomic mass is 9.84. The molecule has 3 heteroatoms. The Labute approximate surface area is 98.2 Å². The minimum atomic E-state index is -0.657. The van der Waals surface area contributed by atoms with E-state index >= 15 is 0 Å². The van der Waals surface area contributed by atoms with Gasteiger partial charge in [-0.25, -0.2) is 0 Å². The Balaban J connectivity index is 2.45. The first-order valence-electron chi connectivity index (χ1n) is 5.90. The lowest BCUT2D eigenvalue weighted by Gasteiger charge is -2.19. The largest absolute Gasteiger partial charge is 0.390 e. The molecule has 0 spiro atoms. The van der Waals surface area contributed by atoms with Crippen LogP contribution < -0.4 is 0 Å². The minimum Gasteiger partial charge on any atom is -0.390 e. The topological polar surface area (TPSA) is 49.8 Å². The van der Waals surface area contributed by atoms with Crippen molar-refractivity contribution in [2.24, 2.45) is 10.8 Å². The first kappa shape index (κ1) is 13.7. The van der Waals surface area contributed by atoms with Gasteiger partial charge in [0.1, 0.15) is 11.9 Å². The van der Waals surface area contributed by atoms with Gasteiger partial charge in [-0.15, -0.1) is 0 Å². The van der Waals surface area contributed by atoms with Gasteiger partial charge in [-0.3, -0.25) is 4.79 Å². The van der Waals surface area contributed by atoms with Crippen LogP contribution in [0.1, 0.15) is 48.0 Å². The van der Waals surface area contributed by atoms with Crippen LogP contribution in [0.2, 0.25) is 0 Å². The highest BCUT2D eigenvalue weighted by atomic mass is 16.6. The predicted molar refractivity (Wildman–Crippen MR) is 63.2 cm³/mol. The molecule has 16 heavy (non-hydrogen) atoms. The van der Waals surface area contributed by atoms with Gasteiger partial charge in [0.15, 0.2) is 0 Å². The van der Waals surface area contributed by atoms with Gasteiger partial charge in [-0.1, -0.05) is 41.5 Å². The molecule has 0 aromatic heterocycles. The highest BCUT2D eigenvalue weighted by Gasteiger charge is 2.51. The molecule has 1 fully saturated rings. The van der Waals surface area contributed by atoms with E-state index in [-0.39, 0.29) is 35.2 Å². The van der Waals surface area contributed by atoms with Crippen molar-refractivity contribution in [3.8, 4) is 0 Å². The molecule has 1 heterocycles. The smallest absolute Gasteiger partial charge is 0.140 e. The second-order valence-electron chi connectivity index (χ2n) is 6.83. The lowest BCUT2D eigenvalue weighted by molar-refractivity contribution is -0.128. The molecule has 0 bridgehead atoms. The van der Waals surface area contributed by atoms with Gasteiger partial charge in [-0.2, -0.15) is 0 Å². The average molecular weight is 228 g/mol. The fraction of sp³-hybridized carbons (Fsp3) is 0.923. The first-order valence-corrected chi connectivity index (χ1v) is 5.90. The van der Waals surface area contributed by atoms with E-state index in [2.05, 4.69) is 20.8 Å². The maximum Gasteiger partial charge on any atom is 0.140 e. The van der Waals surface area contributed by atoms with Crippen molar-refractivity contribution in [2.45, 2.75) is 66.3 Å². The molecule has 1 aliphatic rings. The molecule has 0 saturated carbocycles. The molecular formula is C13H24O3. The third-order valence-corrected chi connectivity index (χ3v) is 2.99. The molecular weight excluding hydrogens is 204 g/mol. The van der Waals surface area contributed by atoms with E-state index in [0.717, 1.165) is 0 Å². The van der Waals surface area contributed by atoms with Crippen LogP contribution in [0.5, 0.6) is 0 Å². The molecule has 0 unspecified atom stereocenters. The Kier molecular flexibility index (Phi) is 3.51. The number of ketones is 1. The number of ether oxygens (including phenoxy) is 1. The molecule has 3 nitrogen and oxygen atoms in total. The molecule has 94 valence electrons. The molecule has 0 aliphatic carbocycles. The number of Topliss-reactive ketones (excluding diaryl/α,β-unsaturated/α-hetero) is 1. The van der Waals surface area contributed by atoms with Crippen LogP contribution in [0.4, 0.5) is 0 Å². The highest BCUT2D eigenvalue weighted by molar-refractivity contribution is 5.84. The Morgan fingerprint density at radius 3 is 2.06 bits per heavy atom. The molecule has 3 atom stereocenters. The number of aliphatic hydroxyl groups excluding tert-OH is 1.